The molecule has 1 fully saturated rings. The first kappa shape index (κ1) is 18.9. The predicted molar refractivity (Wildman–Crippen MR) is 125 cm³/mol. The lowest BCUT2D eigenvalue weighted by molar-refractivity contribution is 0.589. The third-order valence-electron chi connectivity index (χ3n) is 5.38. The standard InChI is InChI=1S/C24H22ClN5/c25-22-7-2-1-5-20(22)21-6-3-4-17-16-27-24(29-23(17)21)28-18-8-10-19(11-9-18)30-14-12-26-13-15-30/h1-11,16,26H,12-15H2,(H,27,28,29). The van der Waals surface area contributed by atoms with Crippen LogP contribution in [-0.2, 0) is 0 Å². The Morgan fingerprint density at radius 1 is 0.867 bits per heavy atom. The van der Waals surface area contributed by atoms with Crippen LogP contribution in [0.2, 0.25) is 5.02 Å². The van der Waals surface area contributed by atoms with Crippen molar-refractivity contribution in [1.82, 2.24) is 15.3 Å². The third-order valence-corrected chi connectivity index (χ3v) is 5.71. The normalized spacial score (nSPS) is 14.1. The summed E-state index contributed by atoms with van der Waals surface area (Å²) in [6.45, 7) is 4.12. The highest BCUT2D eigenvalue weighted by atomic mass is 35.5. The van der Waals surface area contributed by atoms with E-state index in [1.807, 2.05) is 48.7 Å². The summed E-state index contributed by atoms with van der Waals surface area (Å²) in [5, 5.41) is 8.41. The number of nitrogens with zero attached hydrogens (tertiary/aromatic N) is 3. The van der Waals surface area contributed by atoms with Gasteiger partial charge in [-0.05, 0) is 30.3 Å². The van der Waals surface area contributed by atoms with E-state index >= 15 is 0 Å². The lowest BCUT2D eigenvalue weighted by atomic mass is 10.0. The number of fused-ring (bicyclic) bond motifs is 1. The summed E-state index contributed by atoms with van der Waals surface area (Å²) < 4.78 is 0. The van der Waals surface area contributed by atoms with Crippen LogP contribution >= 0.6 is 11.6 Å². The van der Waals surface area contributed by atoms with Gasteiger partial charge in [-0.1, -0.05) is 48.0 Å². The molecule has 0 atom stereocenters. The highest BCUT2D eigenvalue weighted by Gasteiger charge is 2.12. The van der Waals surface area contributed by atoms with Gasteiger partial charge in [-0.15, -0.1) is 0 Å². The van der Waals surface area contributed by atoms with Crippen molar-refractivity contribution in [2.24, 2.45) is 0 Å². The average molecular weight is 416 g/mol. The van der Waals surface area contributed by atoms with Gasteiger partial charge in [-0.25, -0.2) is 9.97 Å². The first-order chi connectivity index (χ1) is 14.8. The molecule has 30 heavy (non-hydrogen) atoms. The highest BCUT2D eigenvalue weighted by Crippen LogP contribution is 2.33. The van der Waals surface area contributed by atoms with Crippen molar-refractivity contribution in [3.05, 3.63) is 77.9 Å². The zero-order valence-electron chi connectivity index (χ0n) is 16.5. The Kier molecular flexibility index (Phi) is 5.22. The summed E-state index contributed by atoms with van der Waals surface area (Å²) in [4.78, 5) is 11.7. The molecule has 0 bridgehead atoms. The number of anilines is 3. The molecule has 0 amide bonds. The van der Waals surface area contributed by atoms with Crippen LogP contribution in [0.15, 0.2) is 72.9 Å². The number of aromatic nitrogens is 2. The van der Waals surface area contributed by atoms with Crippen LogP contribution in [0.1, 0.15) is 0 Å². The van der Waals surface area contributed by atoms with Gasteiger partial charge in [0.1, 0.15) is 0 Å². The Morgan fingerprint density at radius 3 is 2.43 bits per heavy atom. The number of nitrogens with one attached hydrogen (secondary N) is 2. The molecule has 0 saturated carbocycles. The molecule has 2 heterocycles. The van der Waals surface area contributed by atoms with Crippen molar-refractivity contribution in [3.8, 4) is 11.1 Å². The molecule has 0 radical (unpaired) electrons. The number of halogens is 1. The third kappa shape index (κ3) is 3.82. The monoisotopic (exact) mass is 415 g/mol. The summed E-state index contributed by atoms with van der Waals surface area (Å²) >= 11 is 6.44. The first-order valence-electron chi connectivity index (χ1n) is 10.1. The van der Waals surface area contributed by atoms with Crippen LogP contribution in [-0.4, -0.2) is 36.1 Å². The lowest BCUT2D eigenvalue weighted by Gasteiger charge is -2.29. The Morgan fingerprint density at radius 2 is 1.63 bits per heavy atom. The van der Waals surface area contributed by atoms with Crippen LogP contribution in [0.5, 0.6) is 0 Å². The van der Waals surface area contributed by atoms with Gasteiger partial charge in [0.15, 0.2) is 0 Å². The van der Waals surface area contributed by atoms with Gasteiger partial charge in [-0.2, -0.15) is 0 Å². The molecule has 5 rings (SSSR count). The van der Waals surface area contributed by atoms with Crippen molar-refractivity contribution < 1.29 is 0 Å². The molecule has 150 valence electrons. The van der Waals surface area contributed by atoms with E-state index in [1.165, 1.54) is 5.69 Å². The van der Waals surface area contributed by atoms with Crippen LogP contribution in [0.25, 0.3) is 22.0 Å². The number of para-hydroxylation sites is 1. The fourth-order valence-corrected chi connectivity index (χ4v) is 4.06. The Hall–Kier alpha value is -3.15. The first-order valence-corrected chi connectivity index (χ1v) is 10.5. The number of rotatable bonds is 4. The molecule has 1 aromatic heterocycles. The number of hydrogen-bond acceptors (Lipinski definition) is 5. The van der Waals surface area contributed by atoms with Gasteiger partial charge in [0.05, 0.1) is 5.52 Å². The van der Waals surface area contributed by atoms with E-state index in [1.54, 1.807) is 0 Å². The second-order valence-electron chi connectivity index (χ2n) is 7.33. The minimum Gasteiger partial charge on any atom is -0.369 e. The van der Waals surface area contributed by atoms with Gasteiger partial charge in [0, 0.05) is 65.3 Å². The molecule has 0 spiro atoms. The van der Waals surface area contributed by atoms with Crippen LogP contribution < -0.4 is 15.5 Å². The van der Waals surface area contributed by atoms with Crippen molar-refractivity contribution in [2.75, 3.05) is 36.4 Å². The van der Waals surface area contributed by atoms with E-state index in [0.717, 1.165) is 53.9 Å². The summed E-state index contributed by atoms with van der Waals surface area (Å²) in [5.41, 5.74) is 5.04. The molecule has 6 heteroatoms. The zero-order chi connectivity index (χ0) is 20.3. The zero-order valence-corrected chi connectivity index (χ0v) is 17.2. The van der Waals surface area contributed by atoms with Crippen LogP contribution in [0.3, 0.4) is 0 Å². The quantitative estimate of drug-likeness (QED) is 0.485. The Labute approximate surface area is 180 Å². The lowest BCUT2D eigenvalue weighted by Crippen LogP contribution is -2.43. The van der Waals surface area contributed by atoms with Crippen LogP contribution in [0.4, 0.5) is 17.3 Å². The molecule has 0 aliphatic carbocycles. The molecule has 1 saturated heterocycles. The topological polar surface area (TPSA) is 53.1 Å². The molecule has 4 aromatic rings. The van der Waals surface area contributed by atoms with E-state index in [-0.39, 0.29) is 0 Å². The number of piperazine rings is 1. The van der Waals surface area contributed by atoms with Crippen LogP contribution in [0, 0.1) is 0 Å². The minimum atomic E-state index is 0.567. The second-order valence-corrected chi connectivity index (χ2v) is 7.73. The maximum absolute atomic E-state index is 6.44. The molecule has 2 N–H and O–H groups in total. The van der Waals surface area contributed by atoms with E-state index in [9.17, 15) is 0 Å². The number of hydrogen-bond donors (Lipinski definition) is 2. The molecule has 5 nitrogen and oxygen atoms in total. The molecule has 1 aliphatic rings. The van der Waals surface area contributed by atoms with Gasteiger partial charge < -0.3 is 15.5 Å². The summed E-state index contributed by atoms with van der Waals surface area (Å²) in [7, 11) is 0. The van der Waals surface area contributed by atoms with E-state index < -0.39 is 0 Å². The Bertz CT molecular complexity index is 1170. The largest absolute Gasteiger partial charge is 0.369 e. The smallest absolute Gasteiger partial charge is 0.227 e. The van der Waals surface area contributed by atoms with Gasteiger partial charge in [0.25, 0.3) is 0 Å². The number of benzene rings is 3. The average Bonchev–Trinajstić information content (AvgIpc) is 2.80. The summed E-state index contributed by atoms with van der Waals surface area (Å²) in [5.74, 6) is 0.567. The van der Waals surface area contributed by atoms with E-state index in [4.69, 9.17) is 16.6 Å². The fraction of sp³-hybridized carbons (Fsp3) is 0.167. The van der Waals surface area contributed by atoms with Gasteiger partial charge in [-0.3, -0.25) is 0 Å². The second kappa shape index (κ2) is 8.30. The fourth-order valence-electron chi connectivity index (χ4n) is 3.82. The SMILES string of the molecule is Clc1ccccc1-c1cccc2cnc(Nc3ccc(N4CCNCC4)cc3)nc12. The van der Waals surface area contributed by atoms with E-state index in [0.29, 0.717) is 11.0 Å². The molecular weight excluding hydrogens is 394 g/mol. The minimum absolute atomic E-state index is 0.567. The van der Waals surface area contributed by atoms with Crippen molar-refractivity contribution in [3.63, 3.8) is 0 Å². The Balaban J connectivity index is 1.44. The molecule has 3 aromatic carbocycles. The van der Waals surface area contributed by atoms with Crippen molar-refractivity contribution in [2.45, 2.75) is 0 Å². The predicted octanol–water partition coefficient (Wildman–Crippen LogP) is 5.10. The van der Waals surface area contributed by atoms with E-state index in [2.05, 4.69) is 44.8 Å². The molecule has 1 aliphatic heterocycles. The highest BCUT2D eigenvalue weighted by molar-refractivity contribution is 6.33. The maximum atomic E-state index is 6.44. The maximum Gasteiger partial charge on any atom is 0.227 e. The van der Waals surface area contributed by atoms with Gasteiger partial charge >= 0.3 is 0 Å². The van der Waals surface area contributed by atoms with Crippen molar-refractivity contribution >= 4 is 39.8 Å². The molecular formula is C24H22ClN5. The summed E-state index contributed by atoms with van der Waals surface area (Å²) in [6, 6.07) is 22.3. The van der Waals surface area contributed by atoms with Gasteiger partial charge in [0.2, 0.25) is 5.95 Å². The molecule has 0 unspecified atom stereocenters. The summed E-state index contributed by atoms with van der Waals surface area (Å²) in [6.07, 6.45) is 1.85. The van der Waals surface area contributed by atoms with Crippen molar-refractivity contribution in [1.29, 1.82) is 0 Å².